The number of allylic oxidation sites excluding steroid dienone is 1. The van der Waals surface area contributed by atoms with E-state index in [-0.39, 0.29) is 11.5 Å². The van der Waals surface area contributed by atoms with Crippen molar-refractivity contribution in [3.05, 3.63) is 121 Å². The van der Waals surface area contributed by atoms with Gasteiger partial charge in [0, 0.05) is 11.8 Å². The van der Waals surface area contributed by atoms with Crippen molar-refractivity contribution in [2.24, 2.45) is 4.99 Å². The van der Waals surface area contributed by atoms with Crippen molar-refractivity contribution < 1.29 is 9.21 Å². The zero-order valence-corrected chi connectivity index (χ0v) is 18.9. The predicted molar refractivity (Wildman–Crippen MR) is 129 cm³/mol. The molecule has 7 heteroatoms. The maximum absolute atomic E-state index is 13.5. The number of aromatic nitrogens is 1. The fourth-order valence-corrected chi connectivity index (χ4v) is 4.97. The highest BCUT2D eigenvalue weighted by Crippen LogP contribution is 2.30. The van der Waals surface area contributed by atoms with Crippen molar-refractivity contribution in [1.29, 1.82) is 0 Å². The lowest BCUT2D eigenvalue weighted by atomic mass is 9.95. The van der Waals surface area contributed by atoms with E-state index in [0.717, 1.165) is 11.3 Å². The smallest absolute Gasteiger partial charge is 0.271 e. The van der Waals surface area contributed by atoms with Gasteiger partial charge in [-0.2, -0.15) is 0 Å². The van der Waals surface area contributed by atoms with Gasteiger partial charge in [0.1, 0.15) is 11.5 Å². The normalized spacial score (nSPS) is 15.8. The number of fused-ring (bicyclic) bond motifs is 1. The van der Waals surface area contributed by atoms with E-state index in [1.165, 1.54) is 11.3 Å². The summed E-state index contributed by atoms with van der Waals surface area (Å²) in [6.45, 7) is 3.66. The molecule has 0 aliphatic carbocycles. The molecule has 1 aliphatic rings. The minimum Gasteiger partial charge on any atom is -0.462 e. The van der Waals surface area contributed by atoms with E-state index < -0.39 is 6.04 Å². The number of hydrogen-bond donors (Lipinski definition) is 1. The molecule has 2 aromatic carbocycles. The molecule has 0 fully saturated rings. The van der Waals surface area contributed by atoms with Gasteiger partial charge in [0.25, 0.3) is 11.5 Å². The highest BCUT2D eigenvalue weighted by molar-refractivity contribution is 7.07. The number of furan rings is 1. The quantitative estimate of drug-likeness (QED) is 0.509. The van der Waals surface area contributed by atoms with Gasteiger partial charge in [0.15, 0.2) is 4.80 Å². The first-order valence-corrected chi connectivity index (χ1v) is 11.3. The van der Waals surface area contributed by atoms with Crippen LogP contribution in [0.5, 0.6) is 0 Å². The lowest BCUT2D eigenvalue weighted by Gasteiger charge is -2.25. The van der Waals surface area contributed by atoms with Crippen LogP contribution in [0.25, 0.3) is 6.08 Å². The molecule has 0 saturated carbocycles. The fourth-order valence-electron chi connectivity index (χ4n) is 3.94. The number of aryl methyl sites for hydroxylation is 1. The lowest BCUT2D eigenvalue weighted by Crippen LogP contribution is -2.40. The van der Waals surface area contributed by atoms with E-state index >= 15 is 0 Å². The average Bonchev–Trinajstić information content (AvgIpc) is 3.36. The van der Waals surface area contributed by atoms with Crippen LogP contribution in [0.15, 0.2) is 98.3 Å². The number of rotatable bonds is 4. The summed E-state index contributed by atoms with van der Waals surface area (Å²) in [5.41, 5.74) is 2.34. The third-order valence-electron chi connectivity index (χ3n) is 5.45. The van der Waals surface area contributed by atoms with Crippen LogP contribution in [0.1, 0.15) is 30.0 Å². The summed E-state index contributed by atoms with van der Waals surface area (Å²) in [6, 6.07) is 21.9. The molecule has 1 atom stereocenters. The monoisotopic (exact) mass is 455 g/mol. The Morgan fingerprint density at radius 2 is 1.73 bits per heavy atom. The van der Waals surface area contributed by atoms with E-state index in [4.69, 9.17) is 4.42 Å². The highest BCUT2D eigenvalue weighted by atomic mass is 32.1. The van der Waals surface area contributed by atoms with Crippen LogP contribution in [0, 0.1) is 6.92 Å². The number of carbonyl (C=O) groups excluding carboxylic acids is 1. The molecule has 0 spiro atoms. The molecule has 0 unspecified atom stereocenters. The number of amides is 1. The van der Waals surface area contributed by atoms with Crippen molar-refractivity contribution in [3.63, 3.8) is 0 Å². The molecule has 164 valence electrons. The second-order valence-electron chi connectivity index (χ2n) is 7.76. The molecule has 1 amide bonds. The minimum absolute atomic E-state index is 0.209. The Balaban J connectivity index is 1.67. The molecule has 2 aromatic heterocycles. The Morgan fingerprint density at radius 1 is 1.03 bits per heavy atom. The molecule has 0 saturated heterocycles. The average molecular weight is 456 g/mol. The Kier molecular flexibility index (Phi) is 5.40. The van der Waals surface area contributed by atoms with E-state index in [1.807, 2.05) is 86.6 Å². The number of nitrogens with zero attached hydrogens (tertiary/aromatic N) is 2. The topological polar surface area (TPSA) is 76.6 Å². The zero-order chi connectivity index (χ0) is 22.9. The summed E-state index contributed by atoms with van der Waals surface area (Å²) in [4.78, 5) is 32.1. The maximum atomic E-state index is 13.5. The maximum Gasteiger partial charge on any atom is 0.271 e. The molecular formula is C26H21N3O3S. The van der Waals surface area contributed by atoms with E-state index in [2.05, 4.69) is 10.3 Å². The van der Waals surface area contributed by atoms with E-state index in [9.17, 15) is 9.59 Å². The summed E-state index contributed by atoms with van der Waals surface area (Å²) in [5, 5.41) is 2.95. The lowest BCUT2D eigenvalue weighted by molar-refractivity contribution is -0.113. The molecule has 5 rings (SSSR count). The summed E-state index contributed by atoms with van der Waals surface area (Å²) in [5.74, 6) is 1.09. The van der Waals surface area contributed by atoms with Crippen LogP contribution < -0.4 is 20.2 Å². The van der Waals surface area contributed by atoms with E-state index in [1.54, 1.807) is 10.6 Å². The van der Waals surface area contributed by atoms with Crippen LogP contribution in [0.3, 0.4) is 0 Å². The standard InChI is InChI=1S/C26H21N3O3S/c1-16-13-14-20(32-16)15-21-25(31)29-23(18-9-5-3-6-10-18)22(17(2)27-26(29)33-21)24(30)28-19-11-7-4-8-12-19/h3-15,23H,1-2H3,(H,28,30)/t23-/m1/s1. The van der Waals surface area contributed by atoms with Gasteiger partial charge in [0.2, 0.25) is 0 Å². The summed E-state index contributed by atoms with van der Waals surface area (Å²) in [6.07, 6.45) is 1.72. The SMILES string of the molecule is CC1=C(C(=O)Nc2ccccc2)[C@@H](c2ccccc2)n2c(sc(=Cc3ccc(C)o3)c2=O)=N1. The molecule has 0 radical (unpaired) electrons. The Hall–Kier alpha value is -3.97. The van der Waals surface area contributed by atoms with Gasteiger partial charge in [-0.3, -0.25) is 14.2 Å². The molecule has 3 heterocycles. The summed E-state index contributed by atoms with van der Waals surface area (Å²) < 4.78 is 7.74. The molecule has 33 heavy (non-hydrogen) atoms. The second-order valence-corrected chi connectivity index (χ2v) is 8.77. The van der Waals surface area contributed by atoms with Gasteiger partial charge in [0.05, 0.1) is 21.8 Å². The van der Waals surface area contributed by atoms with Crippen LogP contribution in [0.2, 0.25) is 0 Å². The molecular weight excluding hydrogens is 434 g/mol. The molecule has 4 aromatic rings. The Morgan fingerprint density at radius 3 is 2.39 bits per heavy atom. The van der Waals surface area contributed by atoms with E-state index in [0.29, 0.717) is 32.1 Å². The number of carbonyl (C=O) groups is 1. The number of para-hydroxylation sites is 1. The highest BCUT2D eigenvalue weighted by Gasteiger charge is 2.32. The summed E-state index contributed by atoms with van der Waals surface area (Å²) in [7, 11) is 0. The Labute approximate surface area is 193 Å². The molecule has 1 aliphatic heterocycles. The van der Waals surface area contributed by atoms with Gasteiger partial charge < -0.3 is 9.73 Å². The van der Waals surface area contributed by atoms with Crippen molar-refractivity contribution in [2.75, 3.05) is 5.32 Å². The number of anilines is 1. The molecule has 6 nitrogen and oxygen atoms in total. The van der Waals surface area contributed by atoms with Crippen LogP contribution in [-0.2, 0) is 4.79 Å². The second kappa shape index (κ2) is 8.52. The van der Waals surface area contributed by atoms with Crippen molar-refractivity contribution in [3.8, 4) is 0 Å². The van der Waals surface area contributed by atoms with Crippen LogP contribution in [-0.4, -0.2) is 10.5 Å². The van der Waals surface area contributed by atoms with Gasteiger partial charge in [-0.05, 0) is 43.7 Å². The molecule has 0 bridgehead atoms. The van der Waals surface area contributed by atoms with Crippen molar-refractivity contribution >= 4 is 29.0 Å². The van der Waals surface area contributed by atoms with Crippen LogP contribution >= 0.6 is 11.3 Å². The van der Waals surface area contributed by atoms with Gasteiger partial charge in [-0.1, -0.05) is 59.9 Å². The van der Waals surface area contributed by atoms with Gasteiger partial charge >= 0.3 is 0 Å². The minimum atomic E-state index is -0.591. The molecule has 1 N–H and O–H groups in total. The predicted octanol–water partition coefficient (Wildman–Crippen LogP) is 3.78. The fraction of sp³-hybridized carbons (Fsp3) is 0.115. The Bertz CT molecular complexity index is 1540. The first-order chi connectivity index (χ1) is 16.0. The van der Waals surface area contributed by atoms with Crippen molar-refractivity contribution in [1.82, 2.24) is 4.57 Å². The third-order valence-corrected chi connectivity index (χ3v) is 6.43. The summed E-state index contributed by atoms with van der Waals surface area (Å²) >= 11 is 1.29. The van der Waals surface area contributed by atoms with Crippen LogP contribution in [0.4, 0.5) is 5.69 Å². The van der Waals surface area contributed by atoms with Crippen molar-refractivity contribution in [2.45, 2.75) is 19.9 Å². The first kappa shape index (κ1) is 20.9. The number of benzene rings is 2. The number of thiazole rings is 1. The first-order valence-electron chi connectivity index (χ1n) is 10.5. The zero-order valence-electron chi connectivity index (χ0n) is 18.1. The number of hydrogen-bond acceptors (Lipinski definition) is 5. The third kappa shape index (κ3) is 3.99. The number of nitrogens with one attached hydrogen (secondary N) is 1. The largest absolute Gasteiger partial charge is 0.462 e. The van der Waals surface area contributed by atoms with Gasteiger partial charge in [-0.15, -0.1) is 0 Å². The van der Waals surface area contributed by atoms with Gasteiger partial charge in [-0.25, -0.2) is 4.99 Å².